The molecule has 100 valence electrons. The molecule has 0 atom stereocenters. The molecule has 0 aliphatic heterocycles. The van der Waals surface area contributed by atoms with Crippen LogP contribution < -0.4 is 10.1 Å². The largest absolute Gasteiger partial charge is 0.492 e. The number of hydrogen-bond acceptors (Lipinski definition) is 5. The number of aryl methyl sites for hydroxylation is 1. The summed E-state index contributed by atoms with van der Waals surface area (Å²) in [4.78, 5) is 13.1. The topological polar surface area (TPSA) is 59.9 Å². The number of pyridine rings is 1. The molecule has 0 fully saturated rings. The third-order valence-corrected chi connectivity index (χ3v) is 2.66. The lowest BCUT2D eigenvalue weighted by atomic mass is 10.2. The third kappa shape index (κ3) is 3.19. The molecule has 2 aromatic heterocycles. The first-order chi connectivity index (χ1) is 9.26. The van der Waals surface area contributed by atoms with Crippen molar-refractivity contribution in [1.29, 1.82) is 0 Å². The molecule has 0 spiro atoms. The van der Waals surface area contributed by atoms with Gasteiger partial charge < -0.3 is 10.1 Å². The molecule has 0 aromatic carbocycles. The van der Waals surface area contributed by atoms with Crippen LogP contribution in [-0.4, -0.2) is 28.6 Å². The first-order valence-corrected chi connectivity index (χ1v) is 6.40. The first-order valence-electron chi connectivity index (χ1n) is 6.40. The zero-order chi connectivity index (χ0) is 13.7. The fourth-order valence-corrected chi connectivity index (χ4v) is 1.74. The van der Waals surface area contributed by atoms with Crippen LogP contribution >= 0.6 is 0 Å². The molecule has 0 aliphatic carbocycles. The molecule has 2 heterocycles. The summed E-state index contributed by atoms with van der Waals surface area (Å²) in [5.74, 6) is 2.37. The second kappa shape index (κ2) is 6.13. The maximum atomic E-state index is 5.46. The third-order valence-electron chi connectivity index (χ3n) is 2.66. The number of anilines is 1. The highest BCUT2D eigenvalue weighted by Gasteiger charge is 2.06. The van der Waals surface area contributed by atoms with Gasteiger partial charge in [-0.05, 0) is 13.0 Å². The average molecular weight is 258 g/mol. The van der Waals surface area contributed by atoms with Crippen molar-refractivity contribution >= 4 is 5.82 Å². The maximum Gasteiger partial charge on any atom is 0.138 e. The molecule has 0 saturated heterocycles. The summed E-state index contributed by atoms with van der Waals surface area (Å²) < 4.78 is 5.46. The zero-order valence-corrected chi connectivity index (χ0v) is 11.5. The van der Waals surface area contributed by atoms with E-state index >= 15 is 0 Å². The minimum absolute atomic E-state index is 0.622. The lowest BCUT2D eigenvalue weighted by Crippen LogP contribution is -2.01. The van der Waals surface area contributed by atoms with Crippen molar-refractivity contribution in [3.8, 4) is 17.0 Å². The van der Waals surface area contributed by atoms with Crippen LogP contribution in [-0.2, 0) is 6.42 Å². The number of aromatic nitrogens is 3. The second-order valence-electron chi connectivity index (χ2n) is 4.00. The molecule has 1 N–H and O–H groups in total. The molecule has 19 heavy (non-hydrogen) atoms. The number of nitrogens with zero attached hydrogens (tertiary/aromatic N) is 3. The summed E-state index contributed by atoms with van der Waals surface area (Å²) in [5, 5.41) is 3.05. The van der Waals surface area contributed by atoms with E-state index in [9.17, 15) is 0 Å². The van der Waals surface area contributed by atoms with Crippen molar-refractivity contribution in [2.45, 2.75) is 20.3 Å². The average Bonchev–Trinajstić information content (AvgIpc) is 2.47. The SMILES string of the molecule is CCOc1cncc(-c2cc(NC)nc(CC)n2)c1. The van der Waals surface area contributed by atoms with E-state index in [2.05, 4.69) is 20.3 Å². The van der Waals surface area contributed by atoms with Gasteiger partial charge in [-0.25, -0.2) is 9.97 Å². The van der Waals surface area contributed by atoms with Gasteiger partial charge in [0.2, 0.25) is 0 Å². The summed E-state index contributed by atoms with van der Waals surface area (Å²) >= 11 is 0. The summed E-state index contributed by atoms with van der Waals surface area (Å²) in [6.45, 7) is 4.61. The van der Waals surface area contributed by atoms with Gasteiger partial charge in [0.15, 0.2) is 0 Å². The van der Waals surface area contributed by atoms with E-state index in [1.54, 1.807) is 12.4 Å². The van der Waals surface area contributed by atoms with Gasteiger partial charge in [0.05, 0.1) is 18.5 Å². The Morgan fingerprint density at radius 2 is 2.00 bits per heavy atom. The van der Waals surface area contributed by atoms with Crippen molar-refractivity contribution in [3.05, 3.63) is 30.4 Å². The molecule has 2 aromatic rings. The Morgan fingerprint density at radius 3 is 2.68 bits per heavy atom. The lowest BCUT2D eigenvalue weighted by Gasteiger charge is -2.08. The van der Waals surface area contributed by atoms with Crippen LogP contribution in [0.5, 0.6) is 5.75 Å². The van der Waals surface area contributed by atoms with E-state index in [0.717, 1.165) is 35.1 Å². The normalized spacial score (nSPS) is 10.3. The van der Waals surface area contributed by atoms with Gasteiger partial charge in [0.1, 0.15) is 17.4 Å². The maximum absolute atomic E-state index is 5.46. The van der Waals surface area contributed by atoms with Crippen LogP contribution in [0.25, 0.3) is 11.3 Å². The summed E-state index contributed by atoms with van der Waals surface area (Å²) in [7, 11) is 1.85. The molecular weight excluding hydrogens is 240 g/mol. The Labute approximate surface area is 113 Å². The van der Waals surface area contributed by atoms with Gasteiger partial charge in [0.25, 0.3) is 0 Å². The summed E-state index contributed by atoms with van der Waals surface area (Å²) in [6, 6.07) is 3.85. The minimum Gasteiger partial charge on any atom is -0.492 e. The quantitative estimate of drug-likeness (QED) is 0.893. The van der Waals surface area contributed by atoms with Crippen LogP contribution in [0.15, 0.2) is 24.5 Å². The summed E-state index contributed by atoms with van der Waals surface area (Å²) in [5.41, 5.74) is 1.78. The molecule has 0 saturated carbocycles. The molecule has 0 bridgehead atoms. The standard InChI is InChI=1S/C14H18N4O/c1-4-13-17-12(7-14(15-3)18-13)10-6-11(19-5-2)9-16-8-10/h6-9H,4-5H2,1-3H3,(H,15,17,18). The lowest BCUT2D eigenvalue weighted by molar-refractivity contribution is 0.339. The van der Waals surface area contributed by atoms with Crippen LogP contribution in [0.2, 0.25) is 0 Å². The smallest absolute Gasteiger partial charge is 0.138 e. The van der Waals surface area contributed by atoms with Crippen molar-refractivity contribution in [2.75, 3.05) is 19.0 Å². The van der Waals surface area contributed by atoms with Crippen LogP contribution in [0.3, 0.4) is 0 Å². The zero-order valence-electron chi connectivity index (χ0n) is 11.5. The van der Waals surface area contributed by atoms with Crippen molar-refractivity contribution in [3.63, 3.8) is 0 Å². The number of ether oxygens (including phenoxy) is 1. The Bertz CT molecular complexity index is 535. The van der Waals surface area contributed by atoms with Crippen molar-refractivity contribution < 1.29 is 4.74 Å². The second-order valence-corrected chi connectivity index (χ2v) is 4.00. The van der Waals surface area contributed by atoms with Crippen LogP contribution in [0, 0.1) is 0 Å². The predicted molar refractivity (Wildman–Crippen MR) is 75.4 cm³/mol. The summed E-state index contributed by atoms with van der Waals surface area (Å²) in [6.07, 6.45) is 4.28. The van der Waals surface area contributed by atoms with Gasteiger partial charge in [0, 0.05) is 31.3 Å². The van der Waals surface area contributed by atoms with Gasteiger partial charge >= 0.3 is 0 Å². The highest BCUT2D eigenvalue weighted by Crippen LogP contribution is 2.23. The molecule has 0 aliphatic rings. The van der Waals surface area contributed by atoms with E-state index in [-0.39, 0.29) is 0 Å². The van der Waals surface area contributed by atoms with Crippen LogP contribution in [0.1, 0.15) is 19.7 Å². The van der Waals surface area contributed by atoms with Gasteiger partial charge in [-0.15, -0.1) is 0 Å². The fraction of sp³-hybridized carbons (Fsp3) is 0.357. The molecule has 2 rings (SSSR count). The number of nitrogens with one attached hydrogen (secondary N) is 1. The Balaban J connectivity index is 2.42. The van der Waals surface area contributed by atoms with Gasteiger partial charge in [-0.3, -0.25) is 4.98 Å². The van der Waals surface area contributed by atoms with Crippen LogP contribution in [0.4, 0.5) is 5.82 Å². The highest BCUT2D eigenvalue weighted by atomic mass is 16.5. The van der Waals surface area contributed by atoms with Crippen molar-refractivity contribution in [2.24, 2.45) is 0 Å². The fourth-order valence-electron chi connectivity index (χ4n) is 1.74. The monoisotopic (exact) mass is 258 g/mol. The number of rotatable bonds is 5. The predicted octanol–water partition coefficient (Wildman–Crippen LogP) is 2.54. The van der Waals surface area contributed by atoms with E-state index in [1.807, 2.05) is 33.0 Å². The number of hydrogen-bond donors (Lipinski definition) is 1. The van der Waals surface area contributed by atoms with E-state index in [1.165, 1.54) is 0 Å². The van der Waals surface area contributed by atoms with Crippen molar-refractivity contribution in [1.82, 2.24) is 15.0 Å². The van der Waals surface area contributed by atoms with E-state index in [0.29, 0.717) is 6.61 Å². The minimum atomic E-state index is 0.622. The van der Waals surface area contributed by atoms with E-state index < -0.39 is 0 Å². The Morgan fingerprint density at radius 1 is 1.16 bits per heavy atom. The highest BCUT2D eigenvalue weighted by molar-refractivity contribution is 5.63. The first kappa shape index (κ1) is 13.3. The van der Waals surface area contributed by atoms with E-state index in [4.69, 9.17) is 4.74 Å². The molecule has 5 heteroatoms. The Kier molecular flexibility index (Phi) is 4.28. The molecular formula is C14H18N4O. The molecule has 0 amide bonds. The Hall–Kier alpha value is -2.17. The van der Waals surface area contributed by atoms with Gasteiger partial charge in [-0.1, -0.05) is 6.92 Å². The molecule has 0 unspecified atom stereocenters. The molecule has 0 radical (unpaired) electrons. The molecule has 5 nitrogen and oxygen atoms in total. The van der Waals surface area contributed by atoms with Gasteiger partial charge in [-0.2, -0.15) is 0 Å².